The van der Waals surface area contributed by atoms with Gasteiger partial charge in [0.1, 0.15) is 5.82 Å². The molecule has 0 aliphatic heterocycles. The summed E-state index contributed by atoms with van der Waals surface area (Å²) < 4.78 is 18.0. The van der Waals surface area contributed by atoms with Gasteiger partial charge in [-0.15, -0.1) is 0 Å². The molecule has 6 heteroatoms. The highest BCUT2D eigenvalue weighted by Crippen LogP contribution is 2.29. The minimum atomic E-state index is -0.240. The smallest absolute Gasteiger partial charge is 0.182 e. The van der Waals surface area contributed by atoms with Crippen molar-refractivity contribution < 1.29 is 4.39 Å². The third-order valence-electron chi connectivity index (χ3n) is 3.11. The van der Waals surface area contributed by atoms with Gasteiger partial charge in [0, 0.05) is 8.95 Å². The largest absolute Gasteiger partial charge is 0.330 e. The molecule has 0 saturated heterocycles. The van der Waals surface area contributed by atoms with Crippen molar-refractivity contribution in [3.05, 3.63) is 55.4 Å². The van der Waals surface area contributed by atoms with Crippen LogP contribution in [-0.4, -0.2) is 9.55 Å². The number of aromatic nitrogens is 2. The number of fused-ring (bicyclic) bond motifs is 1. The van der Waals surface area contributed by atoms with Gasteiger partial charge < -0.3 is 4.98 Å². The van der Waals surface area contributed by atoms with Gasteiger partial charge in [-0.2, -0.15) is 0 Å². The molecule has 0 spiro atoms. The van der Waals surface area contributed by atoms with Crippen LogP contribution in [0, 0.1) is 17.5 Å². The molecule has 2 aromatic carbocycles. The first kappa shape index (κ1) is 14.0. The number of halogens is 3. The maximum Gasteiger partial charge on any atom is 0.182 e. The average molecular weight is 416 g/mol. The third-order valence-corrected chi connectivity index (χ3v) is 4.53. The third kappa shape index (κ3) is 2.25. The van der Waals surface area contributed by atoms with E-state index in [-0.39, 0.29) is 5.82 Å². The molecule has 102 valence electrons. The van der Waals surface area contributed by atoms with E-state index in [9.17, 15) is 4.39 Å². The number of rotatable bonds is 1. The van der Waals surface area contributed by atoms with Gasteiger partial charge in [0.15, 0.2) is 4.77 Å². The highest BCUT2D eigenvalue weighted by atomic mass is 79.9. The van der Waals surface area contributed by atoms with Crippen LogP contribution in [0.5, 0.6) is 0 Å². The fraction of sp³-hybridized carbons (Fsp3) is 0.0714. The molecule has 0 bridgehead atoms. The zero-order valence-electron chi connectivity index (χ0n) is 10.4. The summed E-state index contributed by atoms with van der Waals surface area (Å²) in [6.07, 6.45) is 0. The summed E-state index contributed by atoms with van der Waals surface area (Å²) in [6.45, 7) is 1.74. The minimum Gasteiger partial charge on any atom is -0.330 e. The number of hydrogen-bond acceptors (Lipinski definition) is 1. The maximum absolute atomic E-state index is 13.6. The summed E-state index contributed by atoms with van der Waals surface area (Å²) in [7, 11) is 0. The molecule has 3 rings (SSSR count). The van der Waals surface area contributed by atoms with E-state index in [4.69, 9.17) is 12.2 Å². The second-order valence-corrected chi connectivity index (χ2v) is 6.64. The quantitative estimate of drug-likeness (QED) is 0.508. The summed E-state index contributed by atoms with van der Waals surface area (Å²) >= 11 is 12.3. The fourth-order valence-corrected chi connectivity index (χ4v) is 3.66. The average Bonchev–Trinajstić information content (AvgIpc) is 2.66. The van der Waals surface area contributed by atoms with Crippen molar-refractivity contribution in [3.63, 3.8) is 0 Å². The number of aromatic amines is 1. The van der Waals surface area contributed by atoms with E-state index in [0.29, 0.717) is 15.9 Å². The Kier molecular flexibility index (Phi) is 3.56. The Hall–Kier alpha value is -0.980. The van der Waals surface area contributed by atoms with Gasteiger partial charge >= 0.3 is 0 Å². The molecule has 20 heavy (non-hydrogen) atoms. The number of hydrogen-bond donors (Lipinski definition) is 1. The molecule has 0 amide bonds. The molecule has 2 nitrogen and oxygen atoms in total. The monoisotopic (exact) mass is 414 g/mol. The molecule has 0 aliphatic rings. The van der Waals surface area contributed by atoms with Gasteiger partial charge in [0.2, 0.25) is 0 Å². The van der Waals surface area contributed by atoms with Crippen molar-refractivity contribution in [2.24, 2.45) is 0 Å². The standard InChI is InChI=1S/C14H9Br2FN2S/c1-7-4-13-11(6-10(7)17)18-14(20)19(13)12-3-2-8(15)5-9(12)16/h2-6H,1H3,(H,18,20). The molecular weight excluding hydrogens is 407 g/mol. The van der Waals surface area contributed by atoms with Crippen LogP contribution in [0.2, 0.25) is 0 Å². The molecule has 0 radical (unpaired) electrons. The van der Waals surface area contributed by atoms with Crippen LogP contribution in [0.3, 0.4) is 0 Å². The highest BCUT2D eigenvalue weighted by molar-refractivity contribution is 9.11. The van der Waals surface area contributed by atoms with Crippen LogP contribution in [0.15, 0.2) is 39.3 Å². The second-order valence-electron chi connectivity index (χ2n) is 4.48. The van der Waals surface area contributed by atoms with Crippen LogP contribution < -0.4 is 0 Å². The number of aryl methyl sites for hydroxylation is 1. The van der Waals surface area contributed by atoms with Crippen LogP contribution >= 0.6 is 44.1 Å². The summed E-state index contributed by atoms with van der Waals surface area (Å²) in [5.41, 5.74) is 3.05. The Morgan fingerprint density at radius 1 is 1.20 bits per heavy atom. The van der Waals surface area contributed by atoms with Gasteiger partial charge in [0.05, 0.1) is 16.7 Å². The van der Waals surface area contributed by atoms with E-state index >= 15 is 0 Å². The number of imidazole rings is 1. The number of nitrogens with one attached hydrogen (secondary N) is 1. The lowest BCUT2D eigenvalue weighted by Gasteiger charge is -2.08. The molecule has 1 aromatic heterocycles. The van der Waals surface area contributed by atoms with E-state index in [1.54, 1.807) is 13.0 Å². The lowest BCUT2D eigenvalue weighted by Crippen LogP contribution is -1.96. The zero-order chi connectivity index (χ0) is 14.4. The Labute approximate surface area is 136 Å². The molecular formula is C14H9Br2FN2S. The van der Waals surface area contributed by atoms with E-state index in [2.05, 4.69) is 36.8 Å². The molecule has 3 aromatic rings. The first-order valence-corrected chi connectivity index (χ1v) is 7.83. The topological polar surface area (TPSA) is 20.7 Å². The van der Waals surface area contributed by atoms with Gasteiger partial charge in [-0.05, 0) is 71.0 Å². The van der Waals surface area contributed by atoms with Gasteiger partial charge in [-0.25, -0.2) is 4.39 Å². The van der Waals surface area contributed by atoms with Crippen molar-refractivity contribution in [2.75, 3.05) is 0 Å². The molecule has 0 unspecified atom stereocenters. The first-order chi connectivity index (χ1) is 9.47. The Morgan fingerprint density at radius 3 is 2.65 bits per heavy atom. The fourth-order valence-electron chi connectivity index (χ4n) is 2.13. The molecule has 1 heterocycles. The predicted molar refractivity (Wildman–Crippen MR) is 88.6 cm³/mol. The van der Waals surface area contributed by atoms with Crippen molar-refractivity contribution in [3.8, 4) is 5.69 Å². The molecule has 0 aliphatic carbocycles. The van der Waals surface area contributed by atoms with Crippen LogP contribution in [0.25, 0.3) is 16.7 Å². The highest BCUT2D eigenvalue weighted by Gasteiger charge is 2.12. The van der Waals surface area contributed by atoms with E-state index < -0.39 is 0 Å². The van der Waals surface area contributed by atoms with Gasteiger partial charge in [-0.3, -0.25) is 4.57 Å². The summed E-state index contributed by atoms with van der Waals surface area (Å²) in [5, 5.41) is 0. The van der Waals surface area contributed by atoms with Crippen LogP contribution in [0.4, 0.5) is 4.39 Å². The maximum atomic E-state index is 13.6. The number of H-pyrrole nitrogens is 1. The summed E-state index contributed by atoms with van der Waals surface area (Å²) in [5.74, 6) is -0.240. The van der Waals surface area contributed by atoms with Crippen molar-refractivity contribution in [2.45, 2.75) is 6.92 Å². The van der Waals surface area contributed by atoms with Gasteiger partial charge in [-0.1, -0.05) is 15.9 Å². The van der Waals surface area contributed by atoms with Gasteiger partial charge in [0.25, 0.3) is 0 Å². The molecule has 0 fully saturated rings. The minimum absolute atomic E-state index is 0.240. The molecule has 1 N–H and O–H groups in total. The second kappa shape index (κ2) is 5.09. The van der Waals surface area contributed by atoms with E-state index in [1.165, 1.54) is 6.07 Å². The zero-order valence-corrected chi connectivity index (χ0v) is 14.4. The normalized spacial score (nSPS) is 11.2. The lowest BCUT2D eigenvalue weighted by atomic mass is 10.2. The van der Waals surface area contributed by atoms with E-state index in [0.717, 1.165) is 20.1 Å². The van der Waals surface area contributed by atoms with Crippen molar-refractivity contribution in [1.29, 1.82) is 0 Å². The summed E-state index contributed by atoms with van der Waals surface area (Å²) in [4.78, 5) is 3.04. The molecule has 0 saturated carbocycles. The van der Waals surface area contributed by atoms with Crippen molar-refractivity contribution in [1.82, 2.24) is 9.55 Å². The SMILES string of the molecule is Cc1cc2c(cc1F)[nH]c(=S)n2-c1ccc(Br)cc1Br. The van der Waals surface area contributed by atoms with Crippen LogP contribution in [0.1, 0.15) is 5.56 Å². The number of benzene rings is 2. The predicted octanol–water partition coefficient (Wildman–Crippen LogP) is 5.66. The molecule has 0 atom stereocenters. The Balaban J connectivity index is 2.39. The first-order valence-electron chi connectivity index (χ1n) is 5.83. The Bertz CT molecular complexity index is 883. The van der Waals surface area contributed by atoms with Crippen molar-refractivity contribution >= 4 is 55.1 Å². The lowest BCUT2D eigenvalue weighted by molar-refractivity contribution is 0.620. The van der Waals surface area contributed by atoms with Crippen LogP contribution in [-0.2, 0) is 0 Å². The van der Waals surface area contributed by atoms with E-state index in [1.807, 2.05) is 22.8 Å². The Morgan fingerprint density at radius 2 is 1.95 bits per heavy atom. The summed E-state index contributed by atoms with van der Waals surface area (Å²) in [6, 6.07) is 9.12. The number of nitrogens with zero attached hydrogens (tertiary/aromatic N) is 1.